The Balaban J connectivity index is 1.82. The SMILES string of the molecule is COc1ccc(CN2CCCC(F)C2)c(OC)c1-c1cccc2c(CCC(=O)O)cccc12. The lowest BCUT2D eigenvalue weighted by molar-refractivity contribution is -0.136. The average molecular weight is 452 g/mol. The zero-order chi connectivity index (χ0) is 23.4. The van der Waals surface area contributed by atoms with E-state index in [2.05, 4.69) is 4.90 Å². The molecule has 1 heterocycles. The van der Waals surface area contributed by atoms with E-state index >= 15 is 0 Å². The molecule has 0 saturated carbocycles. The zero-order valence-corrected chi connectivity index (χ0v) is 19.1. The minimum absolute atomic E-state index is 0.0802. The van der Waals surface area contributed by atoms with E-state index in [4.69, 9.17) is 14.6 Å². The zero-order valence-electron chi connectivity index (χ0n) is 19.1. The number of carboxylic acid groups (broad SMARTS) is 1. The molecule has 1 aliphatic rings. The number of nitrogens with zero attached hydrogens (tertiary/aromatic N) is 1. The molecule has 0 amide bonds. The van der Waals surface area contributed by atoms with Crippen LogP contribution in [0.5, 0.6) is 11.5 Å². The van der Waals surface area contributed by atoms with Gasteiger partial charge in [0.15, 0.2) is 0 Å². The van der Waals surface area contributed by atoms with Crippen LogP contribution in [0.2, 0.25) is 0 Å². The molecular weight excluding hydrogens is 421 g/mol. The van der Waals surface area contributed by atoms with Crippen molar-refractivity contribution >= 4 is 16.7 Å². The van der Waals surface area contributed by atoms with Crippen LogP contribution in [0.1, 0.15) is 30.4 Å². The fourth-order valence-corrected chi connectivity index (χ4v) is 4.83. The number of carbonyl (C=O) groups is 1. The molecule has 0 bridgehead atoms. The highest BCUT2D eigenvalue weighted by Gasteiger charge is 2.23. The number of aryl methyl sites for hydroxylation is 1. The quantitative estimate of drug-likeness (QED) is 0.492. The minimum atomic E-state index is -0.813. The molecule has 0 radical (unpaired) electrons. The van der Waals surface area contributed by atoms with Crippen LogP contribution < -0.4 is 9.47 Å². The maximum absolute atomic E-state index is 14.0. The Hall–Kier alpha value is -3.12. The van der Waals surface area contributed by atoms with Crippen LogP contribution in [0.25, 0.3) is 21.9 Å². The molecule has 1 atom stereocenters. The Bertz CT molecular complexity index is 1150. The van der Waals surface area contributed by atoms with Crippen LogP contribution in [0.15, 0.2) is 48.5 Å². The van der Waals surface area contributed by atoms with Crippen molar-refractivity contribution in [2.24, 2.45) is 0 Å². The van der Waals surface area contributed by atoms with Crippen LogP contribution in [0.3, 0.4) is 0 Å². The molecule has 0 aromatic heterocycles. The lowest BCUT2D eigenvalue weighted by atomic mass is 9.92. The molecule has 1 aliphatic heterocycles. The second kappa shape index (κ2) is 10.2. The fraction of sp³-hybridized carbons (Fsp3) is 0.370. The number of methoxy groups -OCH3 is 2. The van der Waals surface area contributed by atoms with Gasteiger partial charge in [-0.25, -0.2) is 4.39 Å². The third kappa shape index (κ3) is 4.96. The number of aliphatic carboxylic acids is 1. The summed E-state index contributed by atoms with van der Waals surface area (Å²) in [5, 5.41) is 11.2. The van der Waals surface area contributed by atoms with Crippen molar-refractivity contribution in [3.8, 4) is 22.6 Å². The van der Waals surface area contributed by atoms with E-state index in [1.807, 2.05) is 48.5 Å². The van der Waals surface area contributed by atoms with Crippen molar-refractivity contribution < 1.29 is 23.8 Å². The first kappa shape index (κ1) is 23.1. The number of hydrogen-bond donors (Lipinski definition) is 1. The van der Waals surface area contributed by atoms with E-state index in [1.54, 1.807) is 14.2 Å². The third-order valence-corrected chi connectivity index (χ3v) is 6.36. The van der Waals surface area contributed by atoms with Gasteiger partial charge in [0.05, 0.1) is 19.8 Å². The Kier molecular flexibility index (Phi) is 7.14. The molecule has 1 unspecified atom stereocenters. The van der Waals surface area contributed by atoms with Gasteiger partial charge in [-0.05, 0) is 53.8 Å². The van der Waals surface area contributed by atoms with Crippen molar-refractivity contribution in [1.29, 1.82) is 0 Å². The van der Waals surface area contributed by atoms with Crippen molar-refractivity contribution in [1.82, 2.24) is 4.90 Å². The Morgan fingerprint density at radius 3 is 2.58 bits per heavy atom. The van der Waals surface area contributed by atoms with Gasteiger partial charge < -0.3 is 14.6 Å². The first-order valence-electron chi connectivity index (χ1n) is 11.3. The summed E-state index contributed by atoms with van der Waals surface area (Å²) in [5.41, 5.74) is 3.80. The maximum atomic E-state index is 14.0. The Labute approximate surface area is 193 Å². The summed E-state index contributed by atoms with van der Waals surface area (Å²) in [6.45, 7) is 1.91. The number of alkyl halides is 1. The molecule has 3 aromatic carbocycles. The Morgan fingerprint density at radius 2 is 1.85 bits per heavy atom. The van der Waals surface area contributed by atoms with Gasteiger partial charge >= 0.3 is 5.97 Å². The van der Waals surface area contributed by atoms with Crippen LogP contribution in [0, 0.1) is 0 Å². The third-order valence-electron chi connectivity index (χ3n) is 6.36. The normalized spacial score (nSPS) is 16.6. The predicted molar refractivity (Wildman–Crippen MR) is 128 cm³/mol. The molecule has 5 nitrogen and oxygen atoms in total. The number of carboxylic acids is 1. The highest BCUT2D eigenvalue weighted by Crippen LogP contribution is 2.44. The second-order valence-electron chi connectivity index (χ2n) is 8.52. The van der Waals surface area contributed by atoms with Crippen molar-refractivity contribution in [2.75, 3.05) is 27.3 Å². The van der Waals surface area contributed by atoms with Crippen molar-refractivity contribution in [3.05, 3.63) is 59.7 Å². The first-order valence-corrected chi connectivity index (χ1v) is 11.3. The number of fused-ring (bicyclic) bond motifs is 1. The molecule has 33 heavy (non-hydrogen) atoms. The number of likely N-dealkylation sites (tertiary alicyclic amines) is 1. The number of rotatable bonds is 8. The molecule has 3 aromatic rings. The van der Waals surface area contributed by atoms with E-state index in [0.29, 0.717) is 31.7 Å². The lowest BCUT2D eigenvalue weighted by Gasteiger charge is -2.30. The highest BCUT2D eigenvalue weighted by molar-refractivity contribution is 6.01. The molecule has 0 aliphatic carbocycles. The van der Waals surface area contributed by atoms with E-state index in [-0.39, 0.29) is 6.42 Å². The van der Waals surface area contributed by atoms with Crippen LogP contribution in [-0.2, 0) is 17.8 Å². The number of benzene rings is 3. The number of ether oxygens (including phenoxy) is 2. The van der Waals surface area contributed by atoms with Gasteiger partial charge in [0.2, 0.25) is 0 Å². The van der Waals surface area contributed by atoms with E-state index in [0.717, 1.165) is 51.7 Å². The summed E-state index contributed by atoms with van der Waals surface area (Å²) >= 11 is 0. The number of hydrogen-bond acceptors (Lipinski definition) is 4. The van der Waals surface area contributed by atoms with Gasteiger partial charge in [-0.3, -0.25) is 9.69 Å². The van der Waals surface area contributed by atoms with Gasteiger partial charge in [0, 0.05) is 25.1 Å². The van der Waals surface area contributed by atoms with Crippen molar-refractivity contribution in [2.45, 2.75) is 38.4 Å². The van der Waals surface area contributed by atoms with Gasteiger partial charge in [0.25, 0.3) is 0 Å². The summed E-state index contributed by atoms with van der Waals surface area (Å²) in [6.07, 6.45) is 1.24. The van der Waals surface area contributed by atoms with E-state index in [9.17, 15) is 9.18 Å². The molecule has 4 rings (SSSR count). The van der Waals surface area contributed by atoms with Crippen LogP contribution >= 0.6 is 0 Å². The molecule has 1 N–H and O–H groups in total. The smallest absolute Gasteiger partial charge is 0.303 e. The van der Waals surface area contributed by atoms with Crippen LogP contribution in [-0.4, -0.2) is 49.5 Å². The van der Waals surface area contributed by atoms with Crippen molar-refractivity contribution in [3.63, 3.8) is 0 Å². The number of piperidine rings is 1. The number of halogens is 1. The first-order chi connectivity index (χ1) is 16.0. The van der Waals surface area contributed by atoms with Crippen LogP contribution in [0.4, 0.5) is 4.39 Å². The predicted octanol–water partition coefficient (Wildman–Crippen LogP) is 5.48. The van der Waals surface area contributed by atoms with Gasteiger partial charge in [-0.15, -0.1) is 0 Å². The average Bonchev–Trinajstić information content (AvgIpc) is 2.82. The largest absolute Gasteiger partial charge is 0.496 e. The molecule has 6 heteroatoms. The summed E-state index contributed by atoms with van der Waals surface area (Å²) in [6, 6.07) is 15.9. The summed E-state index contributed by atoms with van der Waals surface area (Å²) in [5.74, 6) is 0.604. The van der Waals surface area contributed by atoms with E-state index in [1.165, 1.54) is 0 Å². The van der Waals surface area contributed by atoms with Gasteiger partial charge in [-0.1, -0.05) is 42.5 Å². The van der Waals surface area contributed by atoms with Gasteiger partial charge in [-0.2, -0.15) is 0 Å². The summed E-state index contributed by atoms with van der Waals surface area (Å²) in [7, 11) is 3.29. The fourth-order valence-electron chi connectivity index (χ4n) is 4.83. The standard InChI is InChI=1S/C27H30FNO4/c1-32-24-13-11-19(16-29-15-5-7-20(28)17-29)27(33-2)26(24)23-10-4-8-21-18(12-14-25(30)31)6-3-9-22(21)23/h3-4,6,8-11,13,20H,5,7,12,14-17H2,1-2H3,(H,30,31). The Morgan fingerprint density at radius 1 is 1.06 bits per heavy atom. The molecular formula is C27H30FNO4. The maximum Gasteiger partial charge on any atom is 0.303 e. The summed E-state index contributed by atoms with van der Waals surface area (Å²) < 4.78 is 25.6. The lowest BCUT2D eigenvalue weighted by Crippen LogP contribution is -2.35. The highest BCUT2D eigenvalue weighted by atomic mass is 19.1. The second-order valence-corrected chi connectivity index (χ2v) is 8.52. The molecule has 0 spiro atoms. The topological polar surface area (TPSA) is 59.0 Å². The molecule has 1 saturated heterocycles. The van der Waals surface area contributed by atoms with E-state index < -0.39 is 12.1 Å². The monoisotopic (exact) mass is 451 g/mol. The molecule has 174 valence electrons. The molecule has 1 fully saturated rings. The summed E-state index contributed by atoms with van der Waals surface area (Å²) in [4.78, 5) is 13.3. The van der Waals surface area contributed by atoms with Gasteiger partial charge in [0.1, 0.15) is 17.7 Å². The minimum Gasteiger partial charge on any atom is -0.496 e.